The molecule has 0 saturated heterocycles. The summed E-state index contributed by atoms with van der Waals surface area (Å²) in [5.41, 5.74) is -0.595. The first-order valence-electron chi connectivity index (χ1n) is 3.31. The lowest BCUT2D eigenvalue weighted by molar-refractivity contribution is -0.0356. The normalized spacial score (nSPS) is 12.5. The van der Waals surface area contributed by atoms with Crippen LogP contribution in [0.5, 0.6) is 0 Å². The second kappa shape index (κ2) is 3.85. The molecular formula is C6H12N2O3S. The van der Waals surface area contributed by atoms with Gasteiger partial charge in [0.1, 0.15) is 0 Å². The zero-order chi connectivity index (χ0) is 9.83. The first kappa shape index (κ1) is 11.4. The fourth-order valence-corrected chi connectivity index (χ4v) is 0.909. The summed E-state index contributed by atoms with van der Waals surface area (Å²) in [5, 5.41) is 8.11. The maximum absolute atomic E-state index is 10.8. The molecule has 0 aliphatic carbocycles. The minimum absolute atomic E-state index is 0.594. The molecule has 5 nitrogen and oxygen atoms in total. The van der Waals surface area contributed by atoms with Crippen LogP contribution in [0.25, 0.3) is 0 Å². The van der Waals surface area contributed by atoms with Crippen molar-refractivity contribution in [2.24, 2.45) is 0 Å². The highest BCUT2D eigenvalue weighted by Crippen LogP contribution is 2.04. The van der Waals surface area contributed by atoms with Crippen molar-refractivity contribution >= 4 is 10.0 Å². The van der Waals surface area contributed by atoms with E-state index in [1.165, 1.54) is 6.07 Å². The van der Waals surface area contributed by atoms with Gasteiger partial charge >= 0.3 is 0 Å². The molecule has 0 aliphatic rings. The van der Waals surface area contributed by atoms with Crippen LogP contribution in [0.15, 0.2) is 0 Å². The number of nitrogens with zero attached hydrogens (tertiary/aromatic N) is 1. The summed E-state index contributed by atoms with van der Waals surface area (Å²) >= 11 is 0. The van der Waals surface area contributed by atoms with Crippen molar-refractivity contribution in [3.05, 3.63) is 0 Å². The number of sulfonamides is 1. The van der Waals surface area contributed by atoms with E-state index in [4.69, 9.17) is 10.1 Å². The van der Waals surface area contributed by atoms with Gasteiger partial charge in [0.15, 0.2) is 5.75 Å². The molecule has 12 heavy (non-hydrogen) atoms. The van der Waals surface area contributed by atoms with E-state index in [0.717, 1.165) is 0 Å². The van der Waals surface area contributed by atoms with Crippen LogP contribution in [0.1, 0.15) is 20.8 Å². The van der Waals surface area contributed by atoms with Gasteiger partial charge in [-0.2, -0.15) is 5.26 Å². The molecular weight excluding hydrogens is 180 g/mol. The van der Waals surface area contributed by atoms with Gasteiger partial charge in [-0.05, 0) is 20.8 Å². The van der Waals surface area contributed by atoms with E-state index >= 15 is 0 Å². The second-order valence-electron chi connectivity index (χ2n) is 3.21. The van der Waals surface area contributed by atoms with E-state index in [1.54, 1.807) is 20.8 Å². The number of hydrogen-bond acceptors (Lipinski definition) is 4. The van der Waals surface area contributed by atoms with Gasteiger partial charge < -0.3 is 0 Å². The smallest absolute Gasteiger partial charge is 0.246 e. The zero-order valence-corrected chi connectivity index (χ0v) is 8.10. The Labute approximate surface area is 72.3 Å². The van der Waals surface area contributed by atoms with Crippen LogP contribution in [-0.2, 0) is 14.9 Å². The van der Waals surface area contributed by atoms with E-state index in [2.05, 4.69) is 0 Å². The molecule has 6 heteroatoms. The first-order chi connectivity index (χ1) is 5.27. The summed E-state index contributed by atoms with van der Waals surface area (Å²) in [4.78, 5) is 6.61. The molecule has 0 fully saturated rings. The Morgan fingerprint density at radius 3 is 2.33 bits per heavy atom. The van der Waals surface area contributed by atoms with Crippen LogP contribution in [0.2, 0.25) is 0 Å². The lowest BCUT2D eigenvalue weighted by Gasteiger charge is -2.18. The van der Waals surface area contributed by atoms with Gasteiger partial charge in [-0.25, -0.2) is 8.42 Å². The molecule has 0 spiro atoms. The molecule has 0 aromatic rings. The quantitative estimate of drug-likeness (QED) is 0.646. The van der Waals surface area contributed by atoms with E-state index in [9.17, 15) is 8.42 Å². The highest BCUT2D eigenvalue weighted by atomic mass is 32.2. The van der Waals surface area contributed by atoms with Crippen molar-refractivity contribution in [2.75, 3.05) is 5.75 Å². The van der Waals surface area contributed by atoms with Gasteiger partial charge in [0.25, 0.3) is 0 Å². The van der Waals surface area contributed by atoms with E-state index in [0.29, 0.717) is 0 Å². The number of hydrogen-bond donors (Lipinski definition) is 1. The monoisotopic (exact) mass is 192 g/mol. The minimum atomic E-state index is -3.60. The SMILES string of the molecule is CC(C)(C)ONS(=O)(=O)CC#N. The molecule has 0 amide bonds. The predicted molar refractivity (Wildman–Crippen MR) is 43.4 cm³/mol. The zero-order valence-electron chi connectivity index (χ0n) is 7.29. The van der Waals surface area contributed by atoms with Crippen molar-refractivity contribution in [1.82, 2.24) is 4.89 Å². The van der Waals surface area contributed by atoms with Gasteiger partial charge in [-0.1, -0.05) is 4.89 Å². The summed E-state index contributed by atoms with van der Waals surface area (Å²) in [5.74, 6) is -0.594. The second-order valence-corrected chi connectivity index (χ2v) is 4.90. The molecule has 0 saturated carbocycles. The largest absolute Gasteiger partial charge is 0.281 e. The Morgan fingerprint density at radius 2 is 2.00 bits per heavy atom. The lowest BCUT2D eigenvalue weighted by atomic mass is 10.2. The summed E-state index contributed by atoms with van der Waals surface area (Å²) in [6.07, 6.45) is 0. The van der Waals surface area contributed by atoms with Crippen LogP contribution in [0, 0.1) is 11.3 Å². The molecule has 0 radical (unpaired) electrons. The number of nitrogens with one attached hydrogen (secondary N) is 1. The van der Waals surface area contributed by atoms with Gasteiger partial charge in [0.2, 0.25) is 10.0 Å². The van der Waals surface area contributed by atoms with Crippen LogP contribution < -0.4 is 4.89 Å². The molecule has 0 aromatic carbocycles. The highest BCUT2D eigenvalue weighted by Gasteiger charge is 2.16. The molecule has 0 atom stereocenters. The molecule has 0 rings (SSSR count). The van der Waals surface area contributed by atoms with Crippen LogP contribution >= 0.6 is 0 Å². The topological polar surface area (TPSA) is 79.2 Å². The highest BCUT2D eigenvalue weighted by molar-refractivity contribution is 7.89. The van der Waals surface area contributed by atoms with Crippen molar-refractivity contribution in [1.29, 1.82) is 5.26 Å². The maximum atomic E-state index is 10.8. The van der Waals surface area contributed by atoms with Gasteiger partial charge in [-0.15, -0.1) is 0 Å². The Balaban J connectivity index is 4.05. The van der Waals surface area contributed by atoms with Crippen LogP contribution in [0.4, 0.5) is 0 Å². The van der Waals surface area contributed by atoms with Crippen molar-refractivity contribution in [2.45, 2.75) is 26.4 Å². The van der Waals surface area contributed by atoms with E-state index in [1.807, 2.05) is 4.89 Å². The van der Waals surface area contributed by atoms with E-state index in [-0.39, 0.29) is 0 Å². The molecule has 1 N–H and O–H groups in total. The van der Waals surface area contributed by atoms with Gasteiger partial charge in [0.05, 0.1) is 11.7 Å². The molecule has 0 aliphatic heterocycles. The van der Waals surface area contributed by atoms with Crippen molar-refractivity contribution in [3.8, 4) is 6.07 Å². The van der Waals surface area contributed by atoms with Crippen LogP contribution in [0.3, 0.4) is 0 Å². The third kappa shape index (κ3) is 6.09. The summed E-state index contributed by atoms with van der Waals surface area (Å²) in [7, 11) is -3.60. The Bertz CT molecular complexity index is 270. The fraction of sp³-hybridized carbons (Fsp3) is 0.833. The molecule has 0 aromatic heterocycles. The van der Waals surface area contributed by atoms with Gasteiger partial charge in [-0.3, -0.25) is 4.84 Å². The van der Waals surface area contributed by atoms with Crippen LogP contribution in [-0.4, -0.2) is 19.8 Å². The summed E-state index contributed by atoms with van der Waals surface area (Å²) < 4.78 is 21.6. The summed E-state index contributed by atoms with van der Waals surface area (Å²) in [6.45, 7) is 5.09. The van der Waals surface area contributed by atoms with Gasteiger partial charge in [0, 0.05) is 0 Å². The standard InChI is InChI=1S/C6H12N2O3S/c1-6(2,3)11-8-12(9,10)5-4-7/h8H,5H2,1-3H3. The number of nitriles is 1. The molecule has 70 valence electrons. The Hall–Kier alpha value is -0.640. The Morgan fingerprint density at radius 1 is 1.50 bits per heavy atom. The molecule has 0 unspecified atom stereocenters. The minimum Gasteiger partial charge on any atom is -0.281 e. The number of rotatable bonds is 3. The third-order valence-electron chi connectivity index (χ3n) is 0.729. The average Bonchev–Trinajstić information content (AvgIpc) is 1.83. The first-order valence-corrected chi connectivity index (χ1v) is 4.96. The molecule has 0 heterocycles. The lowest BCUT2D eigenvalue weighted by Crippen LogP contribution is -2.34. The maximum Gasteiger partial charge on any atom is 0.246 e. The van der Waals surface area contributed by atoms with E-state index < -0.39 is 21.4 Å². The predicted octanol–water partition coefficient (Wildman–Crippen LogP) is 0.159. The summed E-state index contributed by atoms with van der Waals surface area (Å²) in [6, 6.07) is 1.51. The van der Waals surface area contributed by atoms with Crippen molar-refractivity contribution in [3.63, 3.8) is 0 Å². The fourth-order valence-electron chi connectivity index (χ4n) is 0.303. The molecule has 0 bridgehead atoms. The third-order valence-corrected chi connectivity index (χ3v) is 1.58. The Kier molecular flexibility index (Phi) is 3.64. The average molecular weight is 192 g/mol. The van der Waals surface area contributed by atoms with Crippen molar-refractivity contribution < 1.29 is 13.3 Å².